The van der Waals surface area contributed by atoms with Gasteiger partial charge in [0.2, 0.25) is 0 Å². The van der Waals surface area contributed by atoms with Gasteiger partial charge in [0.05, 0.1) is 4.92 Å². The van der Waals surface area contributed by atoms with Gasteiger partial charge in [0, 0.05) is 34.3 Å². The smallest absolute Gasteiger partial charge is 0.270 e. The summed E-state index contributed by atoms with van der Waals surface area (Å²) in [6.07, 6.45) is 1.96. The number of aromatic nitrogens is 1. The number of nitro benzene ring substituents is 1. The summed E-state index contributed by atoms with van der Waals surface area (Å²) in [5, 5.41) is 12.0. The first-order chi connectivity index (χ1) is 10.2. The third-order valence-corrected chi connectivity index (χ3v) is 3.48. The van der Waals surface area contributed by atoms with E-state index in [-0.39, 0.29) is 10.6 Å². The van der Waals surface area contributed by atoms with Crippen molar-refractivity contribution in [2.24, 2.45) is 0 Å². The van der Waals surface area contributed by atoms with Gasteiger partial charge in [-0.2, -0.15) is 0 Å². The number of H-pyrrole nitrogens is 1. The van der Waals surface area contributed by atoms with Crippen molar-refractivity contribution in [2.45, 2.75) is 6.92 Å². The molecule has 0 unspecified atom stereocenters. The predicted octanol–water partition coefficient (Wildman–Crippen LogP) is 4.53. The second kappa shape index (κ2) is 5.25. The number of hydrogen-bond acceptors (Lipinski definition) is 2. The largest absolute Gasteiger partial charge is 0.355 e. The first-order valence-corrected chi connectivity index (χ1v) is 6.68. The Morgan fingerprint density at radius 2 is 1.95 bits per heavy atom. The number of rotatable bonds is 3. The van der Waals surface area contributed by atoms with Gasteiger partial charge in [-0.1, -0.05) is 36.4 Å². The third-order valence-electron chi connectivity index (χ3n) is 3.48. The topological polar surface area (TPSA) is 58.9 Å². The van der Waals surface area contributed by atoms with E-state index in [1.165, 1.54) is 6.07 Å². The molecule has 0 bridgehead atoms. The molecule has 0 radical (unpaired) electrons. The number of aromatic amines is 1. The molecule has 3 aromatic rings. The molecule has 0 fully saturated rings. The lowest BCUT2D eigenvalue weighted by Gasteiger charge is -2.05. The third kappa shape index (κ3) is 2.43. The van der Waals surface area contributed by atoms with E-state index in [0.29, 0.717) is 0 Å². The lowest BCUT2D eigenvalue weighted by atomic mass is 10.0. The summed E-state index contributed by atoms with van der Waals surface area (Å²) in [4.78, 5) is 13.9. The summed E-state index contributed by atoms with van der Waals surface area (Å²) in [5.74, 6) is 0. The van der Waals surface area contributed by atoms with Gasteiger partial charge < -0.3 is 4.98 Å². The van der Waals surface area contributed by atoms with Crippen molar-refractivity contribution in [3.05, 3.63) is 82.0 Å². The maximum absolute atomic E-state index is 10.9. The van der Waals surface area contributed by atoms with Crippen molar-refractivity contribution in [1.29, 1.82) is 0 Å². The molecule has 0 spiro atoms. The fourth-order valence-electron chi connectivity index (χ4n) is 2.48. The zero-order valence-electron chi connectivity index (χ0n) is 11.5. The summed E-state index contributed by atoms with van der Waals surface area (Å²) in [6, 6.07) is 16.8. The van der Waals surface area contributed by atoms with Gasteiger partial charge >= 0.3 is 0 Å². The number of benzene rings is 2. The van der Waals surface area contributed by atoms with Crippen LogP contribution in [-0.2, 0) is 0 Å². The second-order valence-corrected chi connectivity index (χ2v) is 4.78. The Morgan fingerprint density at radius 1 is 1.14 bits per heavy atom. The zero-order chi connectivity index (χ0) is 14.8. The minimum Gasteiger partial charge on any atom is -0.355 e. The Hall–Kier alpha value is -2.88. The molecule has 1 heterocycles. The van der Waals surface area contributed by atoms with Crippen LogP contribution in [0.4, 0.5) is 5.69 Å². The molecule has 0 amide bonds. The van der Waals surface area contributed by atoms with Crippen molar-refractivity contribution in [3.8, 4) is 0 Å². The number of nitro groups is 1. The summed E-state index contributed by atoms with van der Waals surface area (Å²) in [6.45, 7) is 1.93. The van der Waals surface area contributed by atoms with E-state index < -0.39 is 0 Å². The average Bonchev–Trinajstić information content (AvgIpc) is 2.91. The lowest BCUT2D eigenvalue weighted by Crippen LogP contribution is -1.92. The molecule has 104 valence electrons. The van der Waals surface area contributed by atoms with Gasteiger partial charge in [-0.05, 0) is 24.6 Å². The highest BCUT2D eigenvalue weighted by atomic mass is 16.6. The standard InChI is InChI=1S/C17H14N2O2/c1-2-15(12-7-5-8-14(10-12)19(20)21)17-11-13-6-3-4-9-16(13)18-17/h2-11,18H,1H3/b15-2+. The predicted molar refractivity (Wildman–Crippen MR) is 84.1 cm³/mol. The molecule has 0 saturated heterocycles. The molecule has 3 rings (SSSR count). The minimum atomic E-state index is -0.373. The molecular weight excluding hydrogens is 264 g/mol. The molecule has 1 N–H and O–H groups in total. The highest BCUT2D eigenvalue weighted by molar-refractivity contribution is 5.88. The van der Waals surface area contributed by atoms with E-state index in [1.807, 2.05) is 43.3 Å². The van der Waals surface area contributed by atoms with Crippen LogP contribution in [0.2, 0.25) is 0 Å². The molecule has 0 saturated carbocycles. The molecule has 0 aliphatic rings. The molecule has 4 nitrogen and oxygen atoms in total. The van der Waals surface area contributed by atoms with Crippen LogP contribution in [-0.4, -0.2) is 9.91 Å². The van der Waals surface area contributed by atoms with Crippen LogP contribution < -0.4 is 0 Å². The highest BCUT2D eigenvalue weighted by Crippen LogP contribution is 2.28. The van der Waals surface area contributed by atoms with Crippen LogP contribution in [0.25, 0.3) is 16.5 Å². The Balaban J connectivity index is 2.10. The van der Waals surface area contributed by atoms with Crippen LogP contribution >= 0.6 is 0 Å². The fraction of sp³-hybridized carbons (Fsp3) is 0.0588. The number of hydrogen-bond donors (Lipinski definition) is 1. The van der Waals surface area contributed by atoms with E-state index in [2.05, 4.69) is 11.1 Å². The van der Waals surface area contributed by atoms with Crippen LogP contribution in [0.5, 0.6) is 0 Å². The number of para-hydroxylation sites is 1. The molecule has 2 aromatic carbocycles. The van der Waals surface area contributed by atoms with Crippen LogP contribution in [0.1, 0.15) is 18.2 Å². The average molecular weight is 278 g/mol. The van der Waals surface area contributed by atoms with E-state index in [4.69, 9.17) is 0 Å². The molecule has 4 heteroatoms. The molecular formula is C17H14N2O2. The SMILES string of the molecule is C/C=C(\c1cccc([N+](=O)[O-])c1)c1cc2ccccc2[nH]1. The van der Waals surface area contributed by atoms with Crippen molar-refractivity contribution < 1.29 is 4.92 Å². The lowest BCUT2D eigenvalue weighted by molar-refractivity contribution is -0.384. The summed E-state index contributed by atoms with van der Waals surface area (Å²) < 4.78 is 0. The van der Waals surface area contributed by atoms with Gasteiger partial charge in [-0.15, -0.1) is 0 Å². The highest BCUT2D eigenvalue weighted by Gasteiger charge is 2.11. The van der Waals surface area contributed by atoms with Crippen LogP contribution in [0.15, 0.2) is 60.7 Å². The van der Waals surface area contributed by atoms with Crippen molar-refractivity contribution in [1.82, 2.24) is 4.98 Å². The number of non-ortho nitro benzene ring substituents is 1. The van der Waals surface area contributed by atoms with Crippen molar-refractivity contribution in [2.75, 3.05) is 0 Å². The van der Waals surface area contributed by atoms with E-state index >= 15 is 0 Å². The maximum atomic E-state index is 10.9. The number of allylic oxidation sites excluding steroid dienone is 1. The van der Waals surface area contributed by atoms with Crippen molar-refractivity contribution in [3.63, 3.8) is 0 Å². The van der Waals surface area contributed by atoms with Gasteiger partial charge in [0.1, 0.15) is 0 Å². The normalized spacial score (nSPS) is 11.8. The Labute approximate surface area is 121 Å². The fourth-order valence-corrected chi connectivity index (χ4v) is 2.48. The van der Waals surface area contributed by atoms with Crippen LogP contribution in [0, 0.1) is 10.1 Å². The first kappa shape index (κ1) is 13.1. The quantitative estimate of drug-likeness (QED) is 0.565. The van der Waals surface area contributed by atoms with E-state index in [1.54, 1.807) is 12.1 Å². The van der Waals surface area contributed by atoms with Gasteiger partial charge in [-0.25, -0.2) is 0 Å². The molecule has 1 aromatic heterocycles. The monoisotopic (exact) mass is 278 g/mol. The maximum Gasteiger partial charge on any atom is 0.270 e. The van der Waals surface area contributed by atoms with E-state index in [0.717, 1.165) is 27.7 Å². The van der Waals surface area contributed by atoms with Gasteiger partial charge in [-0.3, -0.25) is 10.1 Å². The summed E-state index contributed by atoms with van der Waals surface area (Å²) in [5.41, 5.74) is 3.90. The first-order valence-electron chi connectivity index (χ1n) is 6.68. The van der Waals surface area contributed by atoms with Gasteiger partial charge in [0.15, 0.2) is 0 Å². The Bertz CT molecular complexity index is 814. The molecule has 0 aliphatic heterocycles. The number of nitrogens with one attached hydrogen (secondary N) is 1. The molecule has 21 heavy (non-hydrogen) atoms. The Morgan fingerprint density at radius 3 is 2.67 bits per heavy atom. The summed E-state index contributed by atoms with van der Waals surface area (Å²) in [7, 11) is 0. The van der Waals surface area contributed by atoms with Crippen LogP contribution in [0.3, 0.4) is 0 Å². The Kier molecular flexibility index (Phi) is 3.28. The summed E-state index contributed by atoms with van der Waals surface area (Å²) >= 11 is 0. The second-order valence-electron chi connectivity index (χ2n) is 4.78. The molecule has 0 atom stereocenters. The van der Waals surface area contributed by atoms with E-state index in [9.17, 15) is 10.1 Å². The minimum absolute atomic E-state index is 0.1000. The van der Waals surface area contributed by atoms with Gasteiger partial charge in [0.25, 0.3) is 5.69 Å². The number of fused-ring (bicyclic) bond motifs is 1. The molecule has 0 aliphatic carbocycles. The zero-order valence-corrected chi connectivity index (χ0v) is 11.5. The number of nitrogens with zero attached hydrogens (tertiary/aromatic N) is 1. The van der Waals surface area contributed by atoms with Crippen molar-refractivity contribution >= 4 is 22.2 Å².